The Morgan fingerprint density at radius 3 is 2.62 bits per heavy atom. The Kier molecular flexibility index (Phi) is 5.56. The molecule has 1 aromatic heterocycles. The summed E-state index contributed by atoms with van der Waals surface area (Å²) in [4.78, 5) is 12.1. The lowest BCUT2D eigenvalue weighted by Gasteiger charge is -2.14. The third-order valence-corrected chi connectivity index (χ3v) is 3.79. The highest BCUT2D eigenvalue weighted by molar-refractivity contribution is 9.10. The van der Waals surface area contributed by atoms with Crippen molar-refractivity contribution in [3.63, 3.8) is 0 Å². The Morgan fingerprint density at radius 1 is 1.29 bits per heavy atom. The number of benzene rings is 1. The van der Waals surface area contributed by atoms with E-state index >= 15 is 0 Å². The molecule has 0 aliphatic rings. The van der Waals surface area contributed by atoms with Crippen LogP contribution in [-0.4, -0.2) is 22.1 Å². The summed E-state index contributed by atoms with van der Waals surface area (Å²) in [7, 11) is 0. The van der Waals surface area contributed by atoms with Crippen LogP contribution in [0.15, 0.2) is 34.8 Å². The van der Waals surface area contributed by atoms with Crippen LogP contribution >= 0.6 is 39.1 Å². The summed E-state index contributed by atoms with van der Waals surface area (Å²) in [5.74, 6) is -0.318. The highest BCUT2D eigenvalue weighted by atomic mass is 79.9. The SMILES string of the molecule is CC(Cc1ccc(Br)cc1)NC(=O)c1cc(Cl)nnc1Cl. The molecule has 110 valence electrons. The standard InChI is InChI=1S/C14H12BrCl2N3O/c1-8(6-9-2-4-10(15)5-3-9)18-14(21)11-7-12(16)19-20-13(11)17/h2-5,7-8H,6H2,1H3,(H,18,21). The average Bonchev–Trinajstić information content (AvgIpc) is 2.44. The predicted molar refractivity (Wildman–Crippen MR) is 86.8 cm³/mol. The molecule has 0 aliphatic heterocycles. The molecular formula is C14H12BrCl2N3O. The van der Waals surface area contributed by atoms with E-state index < -0.39 is 0 Å². The number of hydrogen-bond donors (Lipinski definition) is 1. The van der Waals surface area contributed by atoms with Crippen LogP contribution in [-0.2, 0) is 6.42 Å². The fourth-order valence-electron chi connectivity index (χ4n) is 1.84. The lowest BCUT2D eigenvalue weighted by molar-refractivity contribution is 0.0939. The van der Waals surface area contributed by atoms with Gasteiger partial charge >= 0.3 is 0 Å². The zero-order valence-electron chi connectivity index (χ0n) is 11.1. The molecule has 0 radical (unpaired) electrons. The third-order valence-electron chi connectivity index (χ3n) is 2.80. The molecule has 1 N–H and O–H groups in total. The third kappa shape index (κ3) is 4.66. The van der Waals surface area contributed by atoms with E-state index in [1.165, 1.54) is 6.07 Å². The second-order valence-corrected chi connectivity index (χ2v) is 6.24. The molecule has 2 rings (SSSR count). The molecule has 1 heterocycles. The van der Waals surface area contributed by atoms with Gasteiger partial charge in [-0.15, -0.1) is 10.2 Å². The Morgan fingerprint density at radius 2 is 1.95 bits per heavy atom. The maximum Gasteiger partial charge on any atom is 0.254 e. The van der Waals surface area contributed by atoms with E-state index in [1.54, 1.807) is 0 Å². The minimum atomic E-state index is -0.318. The average molecular weight is 389 g/mol. The van der Waals surface area contributed by atoms with Gasteiger partial charge < -0.3 is 5.32 Å². The van der Waals surface area contributed by atoms with E-state index in [9.17, 15) is 4.79 Å². The summed E-state index contributed by atoms with van der Waals surface area (Å²) in [6.07, 6.45) is 0.711. The molecule has 0 bridgehead atoms. The first kappa shape index (κ1) is 16.2. The molecule has 1 atom stereocenters. The van der Waals surface area contributed by atoms with Gasteiger partial charge in [0.15, 0.2) is 10.3 Å². The summed E-state index contributed by atoms with van der Waals surface area (Å²) in [6.45, 7) is 1.92. The summed E-state index contributed by atoms with van der Waals surface area (Å²) in [5.41, 5.74) is 1.35. The van der Waals surface area contributed by atoms with Crippen LogP contribution in [0.3, 0.4) is 0 Å². The Labute approximate surface area is 141 Å². The number of carbonyl (C=O) groups excluding carboxylic acids is 1. The zero-order chi connectivity index (χ0) is 15.4. The van der Waals surface area contributed by atoms with Gasteiger partial charge in [-0.2, -0.15) is 0 Å². The second-order valence-electron chi connectivity index (χ2n) is 4.58. The molecule has 0 saturated carbocycles. The number of aromatic nitrogens is 2. The monoisotopic (exact) mass is 387 g/mol. The van der Waals surface area contributed by atoms with Gasteiger partial charge in [0.2, 0.25) is 0 Å². The summed E-state index contributed by atoms with van der Waals surface area (Å²) < 4.78 is 1.02. The molecule has 0 aliphatic carbocycles. The van der Waals surface area contributed by atoms with Gasteiger partial charge in [-0.1, -0.05) is 51.3 Å². The number of halogens is 3. The van der Waals surface area contributed by atoms with E-state index in [-0.39, 0.29) is 27.8 Å². The van der Waals surface area contributed by atoms with E-state index in [4.69, 9.17) is 23.2 Å². The Balaban J connectivity index is 2.01. The molecule has 1 aromatic carbocycles. The molecule has 0 spiro atoms. The van der Waals surface area contributed by atoms with Crippen LogP contribution in [0, 0.1) is 0 Å². The summed E-state index contributed by atoms with van der Waals surface area (Å²) in [6, 6.07) is 9.29. The highest BCUT2D eigenvalue weighted by Crippen LogP contribution is 2.16. The van der Waals surface area contributed by atoms with E-state index in [0.717, 1.165) is 10.0 Å². The van der Waals surface area contributed by atoms with Crippen LogP contribution in [0.4, 0.5) is 0 Å². The van der Waals surface area contributed by atoms with Crippen molar-refractivity contribution in [3.8, 4) is 0 Å². The maximum atomic E-state index is 12.1. The van der Waals surface area contributed by atoms with Gasteiger partial charge in [0, 0.05) is 10.5 Å². The van der Waals surface area contributed by atoms with E-state index in [2.05, 4.69) is 31.4 Å². The van der Waals surface area contributed by atoms with Gasteiger partial charge in [0.1, 0.15) is 0 Å². The Hall–Kier alpha value is -1.17. The summed E-state index contributed by atoms with van der Waals surface area (Å²) >= 11 is 15.0. The largest absolute Gasteiger partial charge is 0.349 e. The van der Waals surface area contributed by atoms with Crippen LogP contribution < -0.4 is 5.32 Å². The normalized spacial score (nSPS) is 12.0. The number of hydrogen-bond acceptors (Lipinski definition) is 3. The maximum absolute atomic E-state index is 12.1. The Bertz CT molecular complexity index is 649. The van der Waals surface area contributed by atoms with Crippen molar-refractivity contribution in [1.82, 2.24) is 15.5 Å². The topological polar surface area (TPSA) is 54.9 Å². The molecule has 1 unspecified atom stereocenters. The number of nitrogens with one attached hydrogen (secondary N) is 1. The first-order valence-electron chi connectivity index (χ1n) is 6.19. The molecule has 1 amide bonds. The molecule has 4 nitrogen and oxygen atoms in total. The van der Waals surface area contributed by atoms with Crippen molar-refractivity contribution in [1.29, 1.82) is 0 Å². The highest BCUT2D eigenvalue weighted by Gasteiger charge is 2.15. The van der Waals surface area contributed by atoms with Gasteiger partial charge in [-0.25, -0.2) is 0 Å². The van der Waals surface area contributed by atoms with Gasteiger partial charge in [-0.3, -0.25) is 4.79 Å². The molecule has 2 aromatic rings. The number of carbonyl (C=O) groups is 1. The number of amides is 1. The van der Waals surface area contributed by atoms with Gasteiger partial charge in [0.05, 0.1) is 5.56 Å². The fraction of sp³-hybridized carbons (Fsp3) is 0.214. The van der Waals surface area contributed by atoms with Crippen molar-refractivity contribution in [3.05, 3.63) is 56.2 Å². The van der Waals surface area contributed by atoms with Crippen molar-refractivity contribution in [2.45, 2.75) is 19.4 Å². The van der Waals surface area contributed by atoms with Crippen LogP contribution in [0.1, 0.15) is 22.8 Å². The molecular weight excluding hydrogens is 377 g/mol. The van der Waals surface area contributed by atoms with Crippen LogP contribution in [0.2, 0.25) is 10.3 Å². The fourth-order valence-corrected chi connectivity index (χ4v) is 2.43. The smallest absolute Gasteiger partial charge is 0.254 e. The second kappa shape index (κ2) is 7.20. The number of nitrogens with zero attached hydrogens (tertiary/aromatic N) is 2. The van der Waals surface area contributed by atoms with E-state index in [0.29, 0.717) is 6.42 Å². The lowest BCUT2D eigenvalue weighted by atomic mass is 10.1. The quantitative estimate of drug-likeness (QED) is 0.863. The predicted octanol–water partition coefficient (Wildman–Crippen LogP) is 3.91. The number of rotatable bonds is 4. The van der Waals surface area contributed by atoms with Crippen molar-refractivity contribution in [2.24, 2.45) is 0 Å². The van der Waals surface area contributed by atoms with Crippen LogP contribution in [0.5, 0.6) is 0 Å². The molecule has 21 heavy (non-hydrogen) atoms. The van der Waals surface area contributed by atoms with Gasteiger partial charge in [-0.05, 0) is 37.1 Å². The summed E-state index contributed by atoms with van der Waals surface area (Å²) in [5, 5.41) is 10.2. The van der Waals surface area contributed by atoms with E-state index in [1.807, 2.05) is 31.2 Å². The molecule has 0 saturated heterocycles. The lowest BCUT2D eigenvalue weighted by Crippen LogP contribution is -2.34. The van der Waals surface area contributed by atoms with Crippen molar-refractivity contribution in [2.75, 3.05) is 0 Å². The first-order valence-corrected chi connectivity index (χ1v) is 7.74. The zero-order valence-corrected chi connectivity index (χ0v) is 14.2. The van der Waals surface area contributed by atoms with Crippen molar-refractivity contribution < 1.29 is 4.79 Å². The van der Waals surface area contributed by atoms with Gasteiger partial charge in [0.25, 0.3) is 5.91 Å². The minimum Gasteiger partial charge on any atom is -0.349 e. The van der Waals surface area contributed by atoms with Crippen LogP contribution in [0.25, 0.3) is 0 Å². The van der Waals surface area contributed by atoms with Crippen molar-refractivity contribution >= 4 is 45.0 Å². The first-order chi connectivity index (χ1) is 9.95. The molecule has 0 fully saturated rings. The minimum absolute atomic E-state index is 0.0349. The molecule has 7 heteroatoms.